The van der Waals surface area contributed by atoms with Gasteiger partial charge in [0.2, 0.25) is 0 Å². The van der Waals surface area contributed by atoms with Crippen LogP contribution in [0.3, 0.4) is 0 Å². The van der Waals surface area contributed by atoms with Gasteiger partial charge in [-0.05, 0) is 23.8 Å². The minimum absolute atomic E-state index is 0.000506. The van der Waals surface area contributed by atoms with Crippen molar-refractivity contribution < 1.29 is 22.1 Å². The molecule has 0 bridgehead atoms. The Morgan fingerprint density at radius 1 is 0.947 bits per heavy atom. The van der Waals surface area contributed by atoms with Gasteiger partial charge < -0.3 is 17.7 Å². The summed E-state index contributed by atoms with van der Waals surface area (Å²) in [6.07, 6.45) is 0. The molecule has 0 heterocycles. The third kappa shape index (κ3) is 3.50. The Morgan fingerprint density at radius 3 is 2.26 bits per heavy atom. The van der Waals surface area contributed by atoms with E-state index in [0.29, 0.717) is 6.07 Å². The van der Waals surface area contributed by atoms with Crippen molar-refractivity contribution >= 4 is 12.4 Å². The maximum Gasteiger partial charge on any atom is 0.512 e. The Kier molecular flexibility index (Phi) is 3.78. The van der Waals surface area contributed by atoms with E-state index < -0.39 is 18.3 Å². The lowest BCUT2D eigenvalue weighted by Crippen LogP contribution is -2.36. The van der Waals surface area contributed by atoms with Gasteiger partial charge >= 0.3 is 6.98 Å². The number of benzene rings is 2. The van der Waals surface area contributed by atoms with Crippen LogP contribution < -0.4 is 10.2 Å². The molecular formula is C13H10BF4O-. The molecule has 0 N–H and O–H groups in total. The Labute approximate surface area is 107 Å². The molecular weight excluding hydrogens is 259 g/mol. The van der Waals surface area contributed by atoms with Crippen LogP contribution in [0.2, 0.25) is 0 Å². The molecule has 2 aromatic rings. The van der Waals surface area contributed by atoms with Crippen LogP contribution in [0.1, 0.15) is 5.56 Å². The predicted molar refractivity (Wildman–Crippen MR) is 65.9 cm³/mol. The molecule has 0 aliphatic carbocycles. The molecule has 100 valence electrons. The average Bonchev–Trinajstić information content (AvgIpc) is 2.37. The van der Waals surface area contributed by atoms with E-state index in [2.05, 4.69) is 0 Å². The van der Waals surface area contributed by atoms with Crippen molar-refractivity contribution in [2.24, 2.45) is 0 Å². The summed E-state index contributed by atoms with van der Waals surface area (Å²) in [7, 11) is 0. The summed E-state index contributed by atoms with van der Waals surface area (Å²) in [6.45, 7) is -5.24. The fourth-order valence-corrected chi connectivity index (χ4v) is 1.60. The second kappa shape index (κ2) is 5.34. The second-order valence-corrected chi connectivity index (χ2v) is 4.03. The second-order valence-electron chi connectivity index (χ2n) is 4.03. The zero-order valence-corrected chi connectivity index (χ0v) is 9.82. The molecule has 0 aliphatic heterocycles. The van der Waals surface area contributed by atoms with Crippen LogP contribution in [-0.4, -0.2) is 6.98 Å². The molecule has 0 amide bonds. The van der Waals surface area contributed by atoms with E-state index in [4.69, 9.17) is 4.74 Å². The van der Waals surface area contributed by atoms with E-state index in [1.165, 1.54) is 6.07 Å². The molecule has 0 radical (unpaired) electrons. The summed E-state index contributed by atoms with van der Waals surface area (Å²) in [5.41, 5.74) is -0.434. The van der Waals surface area contributed by atoms with E-state index >= 15 is 0 Å². The van der Waals surface area contributed by atoms with Crippen LogP contribution in [0, 0.1) is 5.82 Å². The Balaban J connectivity index is 2.14. The van der Waals surface area contributed by atoms with Crippen molar-refractivity contribution in [3.63, 3.8) is 0 Å². The third-order valence-corrected chi connectivity index (χ3v) is 2.57. The maximum atomic E-state index is 13.1. The normalized spacial score (nSPS) is 11.4. The van der Waals surface area contributed by atoms with Crippen LogP contribution in [0.25, 0.3) is 0 Å². The molecule has 6 heteroatoms. The Hall–Kier alpha value is -1.98. The van der Waals surface area contributed by atoms with Crippen LogP contribution in [0.5, 0.6) is 5.75 Å². The summed E-state index contributed by atoms with van der Waals surface area (Å²) in [5.74, 6) is -1.28. The van der Waals surface area contributed by atoms with Crippen molar-refractivity contribution in [1.29, 1.82) is 0 Å². The van der Waals surface area contributed by atoms with Crippen molar-refractivity contribution in [2.75, 3.05) is 0 Å². The molecule has 2 rings (SSSR count). The third-order valence-electron chi connectivity index (χ3n) is 2.57. The molecule has 1 nitrogen and oxygen atoms in total. The van der Waals surface area contributed by atoms with Crippen molar-refractivity contribution in [1.82, 2.24) is 0 Å². The smallest absolute Gasteiger partial charge is 0.489 e. The number of ether oxygens (including phenoxy) is 1. The highest BCUT2D eigenvalue weighted by atomic mass is 19.4. The van der Waals surface area contributed by atoms with E-state index in [1.54, 1.807) is 24.3 Å². The topological polar surface area (TPSA) is 9.23 Å². The first-order chi connectivity index (χ1) is 8.97. The first-order valence-corrected chi connectivity index (χ1v) is 5.63. The number of hydrogen-bond acceptors (Lipinski definition) is 1. The zero-order chi connectivity index (χ0) is 13.9. The lowest BCUT2D eigenvalue weighted by molar-refractivity contribution is 0.306. The van der Waals surface area contributed by atoms with E-state index in [-0.39, 0.29) is 12.4 Å². The molecule has 0 saturated heterocycles. The fraction of sp³-hybridized carbons (Fsp3) is 0.0769. The molecule has 2 aromatic carbocycles. The summed E-state index contributed by atoms with van der Waals surface area (Å²) in [4.78, 5) is 0. The van der Waals surface area contributed by atoms with E-state index in [9.17, 15) is 17.3 Å². The Bertz CT molecular complexity index is 554. The number of hydrogen-bond donors (Lipinski definition) is 0. The highest BCUT2D eigenvalue weighted by Crippen LogP contribution is 2.18. The molecule has 0 saturated carbocycles. The van der Waals surface area contributed by atoms with Gasteiger partial charge in [0.15, 0.2) is 0 Å². The zero-order valence-electron chi connectivity index (χ0n) is 9.82. The molecule has 0 spiro atoms. The van der Waals surface area contributed by atoms with Gasteiger partial charge in [0, 0.05) is 0 Å². The van der Waals surface area contributed by atoms with Crippen molar-refractivity contribution in [3.05, 3.63) is 59.9 Å². The molecule has 0 unspecified atom stereocenters. The monoisotopic (exact) mass is 269 g/mol. The SMILES string of the molecule is Fc1ccc(OCc2ccccc2)cc1[B-](F)(F)F. The minimum Gasteiger partial charge on any atom is -0.489 e. The predicted octanol–water partition coefficient (Wildman–Crippen LogP) is 3.46. The van der Waals surface area contributed by atoms with Crippen LogP contribution in [-0.2, 0) is 6.61 Å². The fourth-order valence-electron chi connectivity index (χ4n) is 1.60. The molecule has 19 heavy (non-hydrogen) atoms. The van der Waals surface area contributed by atoms with Gasteiger partial charge in [0.1, 0.15) is 12.4 Å². The number of rotatable bonds is 4. The van der Waals surface area contributed by atoms with E-state index in [0.717, 1.165) is 11.6 Å². The van der Waals surface area contributed by atoms with Gasteiger partial charge in [-0.2, -0.15) is 0 Å². The first kappa shape index (κ1) is 13.5. The van der Waals surface area contributed by atoms with Crippen LogP contribution >= 0.6 is 0 Å². The average molecular weight is 269 g/mol. The van der Waals surface area contributed by atoms with Crippen LogP contribution in [0.15, 0.2) is 48.5 Å². The van der Waals surface area contributed by atoms with Crippen LogP contribution in [0.4, 0.5) is 17.3 Å². The molecule has 0 atom stereocenters. The minimum atomic E-state index is -5.38. The maximum absolute atomic E-state index is 13.1. The highest BCUT2D eigenvalue weighted by Gasteiger charge is 2.29. The van der Waals surface area contributed by atoms with E-state index in [1.807, 2.05) is 6.07 Å². The largest absolute Gasteiger partial charge is 0.512 e. The van der Waals surface area contributed by atoms with Gasteiger partial charge in [0.05, 0.1) is 5.82 Å². The quantitative estimate of drug-likeness (QED) is 0.610. The number of halogens is 4. The lowest BCUT2D eigenvalue weighted by atomic mass is 9.79. The molecule has 0 aromatic heterocycles. The highest BCUT2D eigenvalue weighted by molar-refractivity contribution is 6.73. The summed E-state index contributed by atoms with van der Waals surface area (Å²) >= 11 is 0. The first-order valence-electron chi connectivity index (χ1n) is 5.63. The van der Waals surface area contributed by atoms with Crippen molar-refractivity contribution in [3.8, 4) is 5.75 Å². The standard InChI is InChI=1S/C13H10BF4O/c15-13-7-6-11(8-12(13)14(16,17)18)19-9-10-4-2-1-3-5-10/h1-8H,9H2/q-1. The molecule has 0 fully saturated rings. The summed E-state index contributed by atoms with van der Waals surface area (Å²) < 4.78 is 56.0. The van der Waals surface area contributed by atoms with Gasteiger partial charge in [0.25, 0.3) is 0 Å². The van der Waals surface area contributed by atoms with Gasteiger partial charge in [-0.15, -0.1) is 0 Å². The van der Waals surface area contributed by atoms with Crippen molar-refractivity contribution in [2.45, 2.75) is 6.61 Å². The summed E-state index contributed by atoms with van der Waals surface area (Å²) in [6, 6.07) is 11.6. The van der Waals surface area contributed by atoms with Gasteiger partial charge in [-0.25, -0.2) is 4.39 Å². The lowest BCUT2D eigenvalue weighted by Gasteiger charge is -2.17. The van der Waals surface area contributed by atoms with Gasteiger partial charge in [-0.3, -0.25) is 0 Å². The Morgan fingerprint density at radius 2 is 1.63 bits per heavy atom. The summed E-state index contributed by atoms with van der Waals surface area (Å²) in [5, 5.41) is 0. The molecule has 0 aliphatic rings. The van der Waals surface area contributed by atoms with Gasteiger partial charge in [-0.1, -0.05) is 35.8 Å².